The van der Waals surface area contributed by atoms with Crippen LogP contribution in [0, 0.1) is 5.82 Å². The maximum atomic E-state index is 13.0. The van der Waals surface area contributed by atoms with Crippen molar-refractivity contribution in [3.05, 3.63) is 50.6 Å². The maximum absolute atomic E-state index is 13.0. The minimum atomic E-state index is -0.347. The van der Waals surface area contributed by atoms with Crippen molar-refractivity contribution in [2.24, 2.45) is 0 Å². The Hall–Kier alpha value is -1.53. The van der Waals surface area contributed by atoms with Crippen LogP contribution in [0.1, 0.15) is 24.2 Å². The summed E-state index contributed by atoms with van der Waals surface area (Å²) in [5.41, 5.74) is 1.61. The third kappa shape index (κ3) is 3.21. The molecule has 1 atom stereocenters. The van der Waals surface area contributed by atoms with E-state index in [1.165, 1.54) is 12.3 Å². The normalized spacial score (nSPS) is 12.6. The molecule has 2 N–H and O–H groups in total. The fourth-order valence-corrected chi connectivity index (χ4v) is 2.03. The highest BCUT2D eigenvalue weighted by molar-refractivity contribution is 7.07. The van der Waals surface area contributed by atoms with Gasteiger partial charge in [0.2, 0.25) is 0 Å². The van der Waals surface area contributed by atoms with E-state index in [1.54, 1.807) is 11.6 Å². The average Bonchev–Trinajstić information content (AvgIpc) is 2.72. The standard InChI is InChI=1S/C11H12FN3OS/c1-7(8-2-9(12)4-13-3-8)14-5-10-6-17-11(16)15-10/h2-4,6-7,14H,5H2,1H3,(H,15,16). The van der Waals surface area contributed by atoms with E-state index in [2.05, 4.69) is 15.3 Å². The summed E-state index contributed by atoms with van der Waals surface area (Å²) in [4.78, 5) is 17.4. The number of rotatable bonds is 4. The van der Waals surface area contributed by atoms with Gasteiger partial charge in [-0.1, -0.05) is 11.3 Å². The van der Waals surface area contributed by atoms with Gasteiger partial charge in [0.05, 0.1) is 6.20 Å². The van der Waals surface area contributed by atoms with Gasteiger partial charge in [0.1, 0.15) is 5.82 Å². The lowest BCUT2D eigenvalue weighted by molar-refractivity contribution is 0.556. The first-order valence-electron chi connectivity index (χ1n) is 5.15. The SMILES string of the molecule is CC(NCc1csc(=O)[nH]1)c1cncc(F)c1. The molecule has 0 radical (unpaired) electrons. The Morgan fingerprint density at radius 2 is 2.41 bits per heavy atom. The van der Waals surface area contributed by atoms with Crippen molar-refractivity contribution in [1.82, 2.24) is 15.3 Å². The number of H-pyrrole nitrogens is 1. The van der Waals surface area contributed by atoms with Gasteiger partial charge in [-0.05, 0) is 18.6 Å². The van der Waals surface area contributed by atoms with Crippen molar-refractivity contribution in [3.63, 3.8) is 0 Å². The molecule has 90 valence electrons. The second-order valence-corrected chi connectivity index (χ2v) is 4.55. The van der Waals surface area contributed by atoms with Crippen LogP contribution < -0.4 is 10.2 Å². The second-order valence-electron chi connectivity index (χ2n) is 3.71. The molecular weight excluding hydrogens is 241 g/mol. The smallest absolute Gasteiger partial charge is 0.304 e. The van der Waals surface area contributed by atoms with E-state index in [0.717, 1.165) is 22.6 Å². The number of nitrogens with zero attached hydrogens (tertiary/aromatic N) is 1. The average molecular weight is 253 g/mol. The van der Waals surface area contributed by atoms with Crippen molar-refractivity contribution in [1.29, 1.82) is 0 Å². The van der Waals surface area contributed by atoms with E-state index in [-0.39, 0.29) is 16.7 Å². The molecule has 6 heteroatoms. The molecule has 0 aliphatic heterocycles. The Balaban J connectivity index is 1.97. The molecule has 0 saturated heterocycles. The van der Waals surface area contributed by atoms with Gasteiger partial charge >= 0.3 is 4.87 Å². The quantitative estimate of drug-likeness (QED) is 0.874. The number of thiazole rings is 1. The Morgan fingerprint density at radius 1 is 1.59 bits per heavy atom. The molecule has 0 aliphatic rings. The molecule has 0 bridgehead atoms. The van der Waals surface area contributed by atoms with Crippen LogP contribution in [0.3, 0.4) is 0 Å². The van der Waals surface area contributed by atoms with E-state index < -0.39 is 0 Å². The van der Waals surface area contributed by atoms with Gasteiger partial charge in [0, 0.05) is 29.9 Å². The minimum Gasteiger partial charge on any atom is -0.315 e. The summed E-state index contributed by atoms with van der Waals surface area (Å²) in [5.74, 6) is -0.347. The highest BCUT2D eigenvalue weighted by Gasteiger charge is 2.06. The summed E-state index contributed by atoms with van der Waals surface area (Å²) in [6.07, 6.45) is 2.80. The Kier molecular flexibility index (Phi) is 3.65. The van der Waals surface area contributed by atoms with Gasteiger partial charge in [0.25, 0.3) is 0 Å². The predicted octanol–water partition coefficient (Wildman–Crippen LogP) is 1.82. The van der Waals surface area contributed by atoms with Crippen molar-refractivity contribution >= 4 is 11.3 Å². The van der Waals surface area contributed by atoms with Gasteiger partial charge in [-0.2, -0.15) is 0 Å². The maximum Gasteiger partial charge on any atom is 0.304 e. The van der Waals surface area contributed by atoms with Crippen LogP contribution in [-0.4, -0.2) is 9.97 Å². The van der Waals surface area contributed by atoms with Gasteiger partial charge < -0.3 is 10.3 Å². The molecule has 0 spiro atoms. The first kappa shape index (κ1) is 11.9. The second kappa shape index (κ2) is 5.20. The van der Waals surface area contributed by atoms with E-state index in [1.807, 2.05) is 6.92 Å². The van der Waals surface area contributed by atoms with E-state index >= 15 is 0 Å². The number of halogens is 1. The number of nitrogens with one attached hydrogen (secondary N) is 2. The van der Waals surface area contributed by atoms with Crippen molar-refractivity contribution in [2.45, 2.75) is 19.5 Å². The van der Waals surface area contributed by atoms with Crippen LogP contribution >= 0.6 is 11.3 Å². The Labute approximate surface area is 102 Å². The van der Waals surface area contributed by atoms with Crippen LogP contribution in [0.15, 0.2) is 28.6 Å². The summed E-state index contributed by atoms with van der Waals surface area (Å²) < 4.78 is 13.0. The molecule has 0 saturated carbocycles. The molecule has 2 rings (SSSR count). The van der Waals surface area contributed by atoms with Gasteiger partial charge in [-0.25, -0.2) is 4.39 Å². The lowest BCUT2D eigenvalue weighted by Crippen LogP contribution is -2.19. The van der Waals surface area contributed by atoms with Crippen molar-refractivity contribution in [2.75, 3.05) is 0 Å². The summed E-state index contributed by atoms with van der Waals surface area (Å²) in [6, 6.07) is 1.42. The molecule has 0 aromatic carbocycles. The Bertz CT molecular complexity index is 551. The summed E-state index contributed by atoms with van der Waals surface area (Å²) in [6.45, 7) is 2.46. The lowest BCUT2D eigenvalue weighted by Gasteiger charge is -2.12. The van der Waals surface area contributed by atoms with Crippen molar-refractivity contribution < 1.29 is 4.39 Å². The third-order valence-corrected chi connectivity index (χ3v) is 3.11. The number of aromatic nitrogens is 2. The zero-order valence-corrected chi connectivity index (χ0v) is 10.1. The molecular formula is C11H12FN3OS. The zero-order valence-electron chi connectivity index (χ0n) is 9.24. The number of pyridine rings is 1. The largest absolute Gasteiger partial charge is 0.315 e. The topological polar surface area (TPSA) is 57.8 Å². The van der Waals surface area contributed by atoms with Crippen LogP contribution in [-0.2, 0) is 6.54 Å². The first-order valence-corrected chi connectivity index (χ1v) is 6.03. The predicted molar refractivity (Wildman–Crippen MR) is 64.4 cm³/mol. The number of hydrogen-bond donors (Lipinski definition) is 2. The molecule has 0 aliphatic carbocycles. The van der Waals surface area contributed by atoms with Crippen LogP contribution in [0.25, 0.3) is 0 Å². The number of hydrogen-bond acceptors (Lipinski definition) is 4. The minimum absolute atomic E-state index is 0.0263. The fourth-order valence-electron chi connectivity index (χ4n) is 1.45. The molecule has 0 fully saturated rings. The highest BCUT2D eigenvalue weighted by atomic mass is 32.1. The van der Waals surface area contributed by atoms with E-state index in [0.29, 0.717) is 6.54 Å². The van der Waals surface area contributed by atoms with Crippen molar-refractivity contribution in [3.8, 4) is 0 Å². The first-order chi connectivity index (χ1) is 8.15. The van der Waals surface area contributed by atoms with Crippen LogP contribution in [0.5, 0.6) is 0 Å². The van der Waals surface area contributed by atoms with Crippen LogP contribution in [0.4, 0.5) is 4.39 Å². The summed E-state index contributed by atoms with van der Waals surface area (Å²) in [5, 5.41) is 4.96. The van der Waals surface area contributed by atoms with Gasteiger partial charge in [-0.3, -0.25) is 9.78 Å². The van der Waals surface area contributed by atoms with Crippen LogP contribution in [0.2, 0.25) is 0 Å². The molecule has 4 nitrogen and oxygen atoms in total. The molecule has 1 unspecified atom stereocenters. The fraction of sp³-hybridized carbons (Fsp3) is 0.273. The zero-order chi connectivity index (χ0) is 12.3. The molecule has 17 heavy (non-hydrogen) atoms. The summed E-state index contributed by atoms with van der Waals surface area (Å²) in [7, 11) is 0. The molecule has 2 aromatic heterocycles. The highest BCUT2D eigenvalue weighted by Crippen LogP contribution is 2.12. The monoisotopic (exact) mass is 253 g/mol. The third-order valence-electron chi connectivity index (χ3n) is 2.40. The summed E-state index contributed by atoms with van der Waals surface area (Å²) >= 11 is 1.13. The number of aromatic amines is 1. The molecule has 2 aromatic rings. The lowest BCUT2D eigenvalue weighted by atomic mass is 10.1. The van der Waals surface area contributed by atoms with Gasteiger partial charge in [-0.15, -0.1) is 0 Å². The van der Waals surface area contributed by atoms with E-state index in [9.17, 15) is 9.18 Å². The van der Waals surface area contributed by atoms with E-state index in [4.69, 9.17) is 0 Å². The molecule has 2 heterocycles. The van der Waals surface area contributed by atoms with Gasteiger partial charge in [0.15, 0.2) is 0 Å². The Morgan fingerprint density at radius 3 is 3.06 bits per heavy atom. The molecule has 0 amide bonds.